The molecule has 1 aromatic heterocycles. The van der Waals surface area contributed by atoms with E-state index in [1.807, 2.05) is 5.38 Å². The molecule has 7 nitrogen and oxygen atoms in total. The Balaban J connectivity index is 1.92. The van der Waals surface area contributed by atoms with Crippen molar-refractivity contribution in [3.63, 3.8) is 0 Å². The van der Waals surface area contributed by atoms with E-state index in [9.17, 15) is 9.59 Å². The van der Waals surface area contributed by atoms with Crippen LogP contribution < -0.4 is 0 Å². The van der Waals surface area contributed by atoms with Gasteiger partial charge in [-0.2, -0.15) is 0 Å². The van der Waals surface area contributed by atoms with E-state index in [1.165, 1.54) is 11.3 Å². The number of thiazole rings is 1. The van der Waals surface area contributed by atoms with Gasteiger partial charge in [-0.3, -0.25) is 14.5 Å². The summed E-state index contributed by atoms with van der Waals surface area (Å²) in [7, 11) is 1.73. The number of carboxylic acid groups (broad SMARTS) is 1. The molecule has 134 valence electrons. The Hall–Kier alpha value is -1.51. The average molecular weight is 355 g/mol. The van der Waals surface area contributed by atoms with Crippen molar-refractivity contribution in [2.75, 3.05) is 39.8 Å². The first kappa shape index (κ1) is 18.8. The number of likely N-dealkylation sites (N-methyl/N-ethyl adjacent to an activating group) is 1. The molecule has 1 N–H and O–H groups in total. The van der Waals surface area contributed by atoms with Crippen molar-refractivity contribution in [1.82, 2.24) is 14.8 Å². The first-order valence-electron chi connectivity index (χ1n) is 8.10. The fourth-order valence-electron chi connectivity index (χ4n) is 2.67. The van der Waals surface area contributed by atoms with Crippen molar-refractivity contribution in [3.05, 3.63) is 16.1 Å². The van der Waals surface area contributed by atoms with Crippen LogP contribution in [0, 0.1) is 5.92 Å². The Bertz CT molecular complexity index is 575. The first-order valence-corrected chi connectivity index (χ1v) is 8.98. The summed E-state index contributed by atoms with van der Waals surface area (Å²) < 4.78 is 5.66. The van der Waals surface area contributed by atoms with Crippen LogP contribution in [-0.2, 0) is 16.0 Å². The van der Waals surface area contributed by atoms with Gasteiger partial charge in [0, 0.05) is 31.4 Å². The molecule has 0 saturated carbocycles. The zero-order valence-corrected chi connectivity index (χ0v) is 15.2. The highest BCUT2D eigenvalue weighted by molar-refractivity contribution is 7.09. The molecule has 2 rings (SSSR count). The summed E-state index contributed by atoms with van der Waals surface area (Å²) in [6, 6.07) is 0. The maximum atomic E-state index is 12.6. The molecule has 1 amide bonds. The third-order valence-electron chi connectivity index (χ3n) is 3.70. The van der Waals surface area contributed by atoms with Gasteiger partial charge in [-0.1, -0.05) is 13.8 Å². The molecule has 0 radical (unpaired) electrons. The van der Waals surface area contributed by atoms with E-state index in [1.54, 1.807) is 16.8 Å². The molecule has 1 aliphatic rings. The highest BCUT2D eigenvalue weighted by Gasteiger charge is 2.27. The zero-order valence-electron chi connectivity index (χ0n) is 14.4. The molecule has 1 fully saturated rings. The number of morpholine rings is 1. The van der Waals surface area contributed by atoms with Crippen LogP contribution in [0.3, 0.4) is 0 Å². The summed E-state index contributed by atoms with van der Waals surface area (Å²) in [5, 5.41) is 11.6. The molecule has 2 heterocycles. The van der Waals surface area contributed by atoms with Crippen LogP contribution in [0.15, 0.2) is 5.38 Å². The number of aromatic nitrogens is 1. The molecular weight excluding hydrogens is 330 g/mol. The van der Waals surface area contributed by atoms with Crippen LogP contribution in [0.25, 0.3) is 0 Å². The third kappa shape index (κ3) is 5.54. The van der Waals surface area contributed by atoms with E-state index < -0.39 is 5.97 Å². The molecule has 1 atom stereocenters. The Morgan fingerprint density at radius 1 is 1.54 bits per heavy atom. The lowest BCUT2D eigenvalue weighted by Crippen LogP contribution is -2.49. The number of rotatable bonds is 7. The quantitative estimate of drug-likeness (QED) is 0.791. The number of hydrogen-bond donors (Lipinski definition) is 1. The van der Waals surface area contributed by atoms with Gasteiger partial charge in [0.1, 0.15) is 5.69 Å². The van der Waals surface area contributed by atoms with Crippen LogP contribution in [0.1, 0.15) is 29.3 Å². The SMILES string of the molecule is CC(C)Cc1nc(C(=O)N2CCO[C@H](CN(C)CC(=O)O)C2)cs1. The zero-order chi connectivity index (χ0) is 17.7. The number of hydrogen-bond acceptors (Lipinski definition) is 6. The molecule has 8 heteroatoms. The van der Waals surface area contributed by atoms with E-state index in [2.05, 4.69) is 18.8 Å². The Labute approximate surface area is 146 Å². The lowest BCUT2D eigenvalue weighted by Gasteiger charge is -2.34. The van der Waals surface area contributed by atoms with Gasteiger partial charge >= 0.3 is 5.97 Å². The summed E-state index contributed by atoms with van der Waals surface area (Å²) in [5.74, 6) is -0.437. The van der Waals surface area contributed by atoms with Gasteiger partial charge in [0.2, 0.25) is 0 Å². The molecule has 0 aliphatic carbocycles. The predicted octanol–water partition coefficient (Wildman–Crippen LogP) is 1.20. The van der Waals surface area contributed by atoms with Crippen LogP contribution >= 0.6 is 11.3 Å². The fourth-order valence-corrected chi connectivity index (χ4v) is 3.65. The van der Waals surface area contributed by atoms with E-state index in [0.717, 1.165) is 11.4 Å². The Kier molecular flexibility index (Phi) is 6.70. The normalized spacial score (nSPS) is 18.4. The number of amides is 1. The topological polar surface area (TPSA) is 83.0 Å². The maximum Gasteiger partial charge on any atom is 0.317 e. The summed E-state index contributed by atoms with van der Waals surface area (Å²) >= 11 is 1.53. The predicted molar refractivity (Wildman–Crippen MR) is 91.4 cm³/mol. The number of ether oxygens (including phenoxy) is 1. The maximum absolute atomic E-state index is 12.6. The van der Waals surface area contributed by atoms with Crippen molar-refractivity contribution in [1.29, 1.82) is 0 Å². The third-order valence-corrected chi connectivity index (χ3v) is 4.57. The highest BCUT2D eigenvalue weighted by atomic mass is 32.1. The van der Waals surface area contributed by atoms with Gasteiger partial charge in [0.15, 0.2) is 0 Å². The summed E-state index contributed by atoms with van der Waals surface area (Å²) in [4.78, 5) is 31.2. The number of nitrogens with zero attached hydrogens (tertiary/aromatic N) is 3. The van der Waals surface area contributed by atoms with Crippen LogP contribution in [0.2, 0.25) is 0 Å². The standard InChI is InChI=1S/C16H25N3O4S/c1-11(2)6-14-17-13(10-24-14)16(22)19-4-5-23-12(8-19)7-18(3)9-15(20)21/h10-12H,4-9H2,1-3H3,(H,20,21)/t12-/m1/s1. The molecule has 0 unspecified atom stereocenters. The van der Waals surface area contributed by atoms with Crippen LogP contribution in [0.4, 0.5) is 0 Å². The Morgan fingerprint density at radius 3 is 2.96 bits per heavy atom. The second kappa shape index (κ2) is 8.55. The summed E-state index contributed by atoms with van der Waals surface area (Å²) in [6.45, 7) is 6.14. The number of carboxylic acids is 1. The number of aliphatic carboxylic acids is 1. The first-order chi connectivity index (χ1) is 11.3. The largest absolute Gasteiger partial charge is 0.480 e. The average Bonchev–Trinajstić information content (AvgIpc) is 2.93. The minimum Gasteiger partial charge on any atom is -0.480 e. The summed E-state index contributed by atoms with van der Waals surface area (Å²) in [6.07, 6.45) is 0.699. The smallest absolute Gasteiger partial charge is 0.317 e. The van der Waals surface area contributed by atoms with Gasteiger partial charge in [-0.05, 0) is 13.0 Å². The van der Waals surface area contributed by atoms with Crippen molar-refractivity contribution in [2.45, 2.75) is 26.4 Å². The molecule has 1 aromatic rings. The van der Waals surface area contributed by atoms with Gasteiger partial charge in [0.05, 0.1) is 24.3 Å². The van der Waals surface area contributed by atoms with Crippen LogP contribution in [-0.4, -0.2) is 77.7 Å². The van der Waals surface area contributed by atoms with E-state index in [0.29, 0.717) is 37.9 Å². The monoisotopic (exact) mass is 355 g/mol. The Morgan fingerprint density at radius 2 is 2.29 bits per heavy atom. The summed E-state index contributed by atoms with van der Waals surface area (Å²) in [5.41, 5.74) is 0.496. The number of carbonyl (C=O) groups is 2. The number of carbonyl (C=O) groups excluding carboxylic acids is 1. The minimum absolute atomic E-state index is 0.0432. The van der Waals surface area contributed by atoms with Crippen molar-refractivity contribution in [3.8, 4) is 0 Å². The second-order valence-corrected chi connectivity index (χ2v) is 7.50. The molecule has 0 aromatic carbocycles. The van der Waals surface area contributed by atoms with Gasteiger partial charge in [-0.25, -0.2) is 4.98 Å². The van der Waals surface area contributed by atoms with E-state index >= 15 is 0 Å². The lowest BCUT2D eigenvalue weighted by atomic mass is 10.1. The van der Waals surface area contributed by atoms with Crippen molar-refractivity contribution < 1.29 is 19.4 Å². The molecule has 1 aliphatic heterocycles. The van der Waals surface area contributed by atoms with E-state index in [4.69, 9.17) is 9.84 Å². The molecule has 1 saturated heterocycles. The van der Waals surface area contributed by atoms with Crippen molar-refractivity contribution >= 4 is 23.2 Å². The van der Waals surface area contributed by atoms with Crippen LogP contribution in [0.5, 0.6) is 0 Å². The fraction of sp³-hybridized carbons (Fsp3) is 0.688. The molecule has 0 bridgehead atoms. The second-order valence-electron chi connectivity index (χ2n) is 6.56. The van der Waals surface area contributed by atoms with Crippen molar-refractivity contribution in [2.24, 2.45) is 5.92 Å². The van der Waals surface area contributed by atoms with Gasteiger partial charge in [0.25, 0.3) is 5.91 Å². The lowest BCUT2D eigenvalue weighted by molar-refractivity contribution is -0.138. The minimum atomic E-state index is -0.874. The van der Waals surface area contributed by atoms with Gasteiger partial charge in [-0.15, -0.1) is 11.3 Å². The molecular formula is C16H25N3O4S. The van der Waals surface area contributed by atoms with E-state index in [-0.39, 0.29) is 18.6 Å². The van der Waals surface area contributed by atoms with Gasteiger partial charge < -0.3 is 14.7 Å². The molecule has 0 spiro atoms. The highest BCUT2D eigenvalue weighted by Crippen LogP contribution is 2.17. The molecule has 24 heavy (non-hydrogen) atoms.